The Labute approximate surface area is 180 Å². The summed E-state index contributed by atoms with van der Waals surface area (Å²) >= 11 is 6.13. The average Bonchev–Trinajstić information content (AvgIpc) is 3.00. The summed E-state index contributed by atoms with van der Waals surface area (Å²) in [4.78, 5) is 24.2. The number of carbonyl (C=O) groups excluding carboxylic acids is 2. The molecule has 0 radical (unpaired) electrons. The van der Waals surface area contributed by atoms with E-state index in [1.165, 1.54) is 0 Å². The Bertz CT molecular complexity index is 1080. The second-order valence-electron chi connectivity index (χ2n) is 6.82. The maximum Gasteiger partial charge on any atom is 0.338 e. The van der Waals surface area contributed by atoms with Crippen molar-refractivity contribution in [2.45, 2.75) is 27.3 Å². The highest BCUT2D eigenvalue weighted by molar-refractivity contribution is 6.30. The number of aromatic nitrogens is 1. The lowest BCUT2D eigenvalue weighted by Crippen LogP contribution is -2.28. The van der Waals surface area contributed by atoms with Crippen LogP contribution in [-0.4, -0.2) is 23.2 Å². The van der Waals surface area contributed by atoms with Crippen molar-refractivity contribution in [1.29, 1.82) is 0 Å². The molecule has 30 heavy (non-hydrogen) atoms. The van der Waals surface area contributed by atoms with Crippen LogP contribution in [0.3, 0.4) is 0 Å². The molecule has 0 saturated carbocycles. The van der Waals surface area contributed by atoms with Crippen LogP contribution in [0.5, 0.6) is 0 Å². The summed E-state index contributed by atoms with van der Waals surface area (Å²) in [5.41, 5.74) is 4.96. The van der Waals surface area contributed by atoms with E-state index >= 15 is 0 Å². The van der Waals surface area contributed by atoms with Gasteiger partial charge < -0.3 is 19.9 Å². The normalized spacial score (nSPS) is 10.5. The summed E-state index contributed by atoms with van der Waals surface area (Å²) in [6, 6.07) is 16.0. The van der Waals surface area contributed by atoms with Crippen molar-refractivity contribution in [3.05, 3.63) is 82.1 Å². The molecule has 156 valence electrons. The monoisotopic (exact) mass is 425 g/mol. The van der Waals surface area contributed by atoms with E-state index in [2.05, 4.69) is 15.2 Å². The summed E-state index contributed by atoms with van der Waals surface area (Å²) in [5.74, 6) is -0.421. The van der Waals surface area contributed by atoms with Gasteiger partial charge in [0.2, 0.25) is 0 Å². The minimum absolute atomic E-state index is 0.296. The number of rotatable bonds is 6. The van der Waals surface area contributed by atoms with Crippen molar-refractivity contribution in [2.24, 2.45) is 0 Å². The molecule has 2 N–H and O–H groups in total. The number of esters is 1. The van der Waals surface area contributed by atoms with Crippen LogP contribution in [0.4, 0.5) is 10.5 Å². The second-order valence-corrected chi connectivity index (χ2v) is 7.26. The first-order chi connectivity index (χ1) is 14.4. The van der Waals surface area contributed by atoms with E-state index in [0.29, 0.717) is 29.4 Å². The van der Waals surface area contributed by atoms with Crippen molar-refractivity contribution in [1.82, 2.24) is 9.88 Å². The van der Waals surface area contributed by atoms with Gasteiger partial charge in [0, 0.05) is 34.3 Å². The van der Waals surface area contributed by atoms with Crippen LogP contribution in [0, 0.1) is 13.8 Å². The third-order valence-electron chi connectivity index (χ3n) is 4.67. The lowest BCUT2D eigenvalue weighted by molar-refractivity contribution is 0.0526. The number of ether oxygens (including phenoxy) is 1. The molecule has 2 amide bonds. The minimum Gasteiger partial charge on any atom is -0.462 e. The average molecular weight is 426 g/mol. The van der Waals surface area contributed by atoms with Crippen molar-refractivity contribution < 1.29 is 14.3 Å². The van der Waals surface area contributed by atoms with Gasteiger partial charge in [-0.15, -0.1) is 0 Å². The first kappa shape index (κ1) is 21.5. The van der Waals surface area contributed by atoms with Gasteiger partial charge in [-0.2, -0.15) is 0 Å². The molecular weight excluding hydrogens is 402 g/mol. The number of hydrogen-bond acceptors (Lipinski definition) is 3. The zero-order valence-electron chi connectivity index (χ0n) is 17.2. The second kappa shape index (κ2) is 9.50. The van der Waals surface area contributed by atoms with E-state index in [1.807, 2.05) is 44.2 Å². The molecule has 6 nitrogen and oxygen atoms in total. The van der Waals surface area contributed by atoms with Gasteiger partial charge in [-0.1, -0.05) is 23.7 Å². The van der Waals surface area contributed by atoms with Crippen molar-refractivity contribution >= 4 is 29.3 Å². The first-order valence-electron chi connectivity index (χ1n) is 9.65. The molecule has 1 aromatic heterocycles. The number of anilines is 1. The molecule has 1 heterocycles. The predicted molar refractivity (Wildman–Crippen MR) is 119 cm³/mol. The Morgan fingerprint density at radius 2 is 1.83 bits per heavy atom. The van der Waals surface area contributed by atoms with Gasteiger partial charge in [0.05, 0.1) is 12.2 Å². The fourth-order valence-electron chi connectivity index (χ4n) is 3.31. The van der Waals surface area contributed by atoms with E-state index in [0.717, 1.165) is 22.6 Å². The largest absolute Gasteiger partial charge is 0.462 e. The number of carbonyl (C=O) groups is 2. The van der Waals surface area contributed by atoms with E-state index < -0.39 is 5.97 Å². The molecule has 0 aliphatic rings. The first-order valence-corrected chi connectivity index (χ1v) is 10.0. The SMILES string of the molecule is CCOC(=O)c1cccc(NC(=O)NCc2cc(C)n(-c3cccc(Cl)c3)c2C)c1. The summed E-state index contributed by atoms with van der Waals surface area (Å²) in [6.07, 6.45) is 0. The summed E-state index contributed by atoms with van der Waals surface area (Å²) in [5, 5.41) is 6.28. The number of nitrogens with one attached hydrogen (secondary N) is 2. The number of nitrogens with zero attached hydrogens (tertiary/aromatic N) is 1. The third kappa shape index (κ3) is 5.02. The molecule has 0 saturated heterocycles. The van der Waals surface area contributed by atoms with Gasteiger partial charge in [0.15, 0.2) is 0 Å². The molecule has 3 aromatic rings. The van der Waals surface area contributed by atoms with Crippen LogP contribution in [0.2, 0.25) is 5.02 Å². The lowest BCUT2D eigenvalue weighted by atomic mass is 10.2. The lowest BCUT2D eigenvalue weighted by Gasteiger charge is -2.11. The molecule has 0 spiro atoms. The Morgan fingerprint density at radius 1 is 1.07 bits per heavy atom. The molecule has 0 aliphatic carbocycles. The van der Waals surface area contributed by atoms with Gasteiger partial charge in [0.1, 0.15) is 0 Å². The summed E-state index contributed by atoms with van der Waals surface area (Å²) in [7, 11) is 0. The van der Waals surface area contributed by atoms with Crippen molar-refractivity contribution in [3.63, 3.8) is 0 Å². The number of aryl methyl sites for hydroxylation is 1. The van der Waals surface area contributed by atoms with Crippen LogP contribution >= 0.6 is 11.6 Å². The molecule has 0 atom stereocenters. The maximum absolute atomic E-state index is 12.3. The molecule has 7 heteroatoms. The minimum atomic E-state index is -0.421. The number of amides is 2. The number of benzene rings is 2. The van der Waals surface area contributed by atoms with Gasteiger partial charge in [-0.25, -0.2) is 9.59 Å². The van der Waals surface area contributed by atoms with Crippen molar-refractivity contribution in [3.8, 4) is 5.69 Å². The highest BCUT2D eigenvalue weighted by atomic mass is 35.5. The molecule has 0 fully saturated rings. The topological polar surface area (TPSA) is 72.4 Å². The van der Waals surface area contributed by atoms with Gasteiger partial charge in [-0.3, -0.25) is 0 Å². The number of halogens is 1. The Balaban J connectivity index is 1.66. The molecule has 3 rings (SSSR count). The highest BCUT2D eigenvalue weighted by Gasteiger charge is 2.13. The van der Waals surface area contributed by atoms with E-state index in [-0.39, 0.29) is 6.03 Å². The van der Waals surface area contributed by atoms with E-state index in [9.17, 15) is 9.59 Å². The fourth-order valence-corrected chi connectivity index (χ4v) is 3.49. The highest BCUT2D eigenvalue weighted by Crippen LogP contribution is 2.23. The van der Waals surface area contributed by atoms with Gasteiger partial charge >= 0.3 is 12.0 Å². The van der Waals surface area contributed by atoms with Crippen molar-refractivity contribution in [2.75, 3.05) is 11.9 Å². The van der Waals surface area contributed by atoms with Gasteiger partial charge in [0.25, 0.3) is 0 Å². The third-order valence-corrected chi connectivity index (χ3v) is 4.91. The van der Waals surface area contributed by atoms with Crippen LogP contribution < -0.4 is 10.6 Å². The molecule has 0 aliphatic heterocycles. The van der Waals surface area contributed by atoms with Crippen LogP contribution in [0.15, 0.2) is 54.6 Å². The van der Waals surface area contributed by atoms with Crippen LogP contribution in [-0.2, 0) is 11.3 Å². The summed E-state index contributed by atoms with van der Waals surface area (Å²) < 4.78 is 7.09. The van der Waals surface area contributed by atoms with E-state index in [1.54, 1.807) is 31.2 Å². The molecule has 0 bridgehead atoms. The zero-order valence-corrected chi connectivity index (χ0v) is 17.9. The quantitative estimate of drug-likeness (QED) is 0.530. The fraction of sp³-hybridized carbons (Fsp3) is 0.217. The van der Waals surface area contributed by atoms with Crippen LogP contribution in [0.25, 0.3) is 5.69 Å². The standard InChI is InChI=1S/C23H24ClN3O3/c1-4-30-22(28)17-7-5-9-20(12-17)26-23(29)25-14-18-11-15(2)27(16(18)3)21-10-6-8-19(24)13-21/h5-13H,4,14H2,1-3H3,(H2,25,26,29). The van der Waals surface area contributed by atoms with Gasteiger partial charge in [-0.05, 0) is 68.8 Å². The molecular formula is C23H24ClN3O3. The smallest absolute Gasteiger partial charge is 0.338 e. The predicted octanol–water partition coefficient (Wildman–Crippen LogP) is 5.25. The Kier molecular flexibility index (Phi) is 6.79. The van der Waals surface area contributed by atoms with Crippen LogP contribution in [0.1, 0.15) is 34.2 Å². The van der Waals surface area contributed by atoms with E-state index in [4.69, 9.17) is 16.3 Å². The number of hydrogen-bond donors (Lipinski definition) is 2. The number of urea groups is 1. The Hall–Kier alpha value is -3.25. The molecule has 2 aromatic carbocycles. The maximum atomic E-state index is 12.3. The summed E-state index contributed by atoms with van der Waals surface area (Å²) in [6.45, 7) is 6.43. The molecule has 0 unspecified atom stereocenters. The zero-order chi connectivity index (χ0) is 21.7. The Morgan fingerprint density at radius 3 is 2.57 bits per heavy atom.